The van der Waals surface area contributed by atoms with E-state index >= 15 is 0 Å². The average molecular weight is 447 g/mol. The second-order valence-corrected chi connectivity index (χ2v) is 6.39. The van der Waals surface area contributed by atoms with Gasteiger partial charge in [-0.05, 0) is 42.3 Å². The first kappa shape index (κ1) is 22.2. The van der Waals surface area contributed by atoms with Crippen LogP contribution in [0.3, 0.4) is 0 Å². The summed E-state index contributed by atoms with van der Waals surface area (Å²) in [4.78, 5) is 10.7. The molecular weight excluding hydrogens is 437 g/mol. The van der Waals surface area contributed by atoms with Crippen LogP contribution in [0.1, 0.15) is 23.1 Å². The Labute approximate surface area is 164 Å². The molecule has 3 nitrogen and oxygen atoms in total. The third kappa shape index (κ3) is 5.45. The monoisotopic (exact) mass is 446 g/mol. The summed E-state index contributed by atoms with van der Waals surface area (Å²) in [5.74, 6) is -1.87. The van der Waals surface area contributed by atoms with Gasteiger partial charge in [-0.3, -0.25) is 4.79 Å². The second kappa shape index (κ2) is 8.08. The number of carbonyl (C=O) groups is 1. The Morgan fingerprint density at radius 2 is 1.54 bits per heavy atom. The smallest absolute Gasteiger partial charge is 0.416 e. The summed E-state index contributed by atoms with van der Waals surface area (Å²) in [5, 5.41) is 7.71. The third-order valence-electron chi connectivity index (χ3n) is 3.54. The Balaban J connectivity index is 2.41. The van der Waals surface area contributed by atoms with Crippen LogP contribution in [0.15, 0.2) is 30.3 Å². The second-order valence-electron chi connectivity index (χ2n) is 5.58. The number of aryl methyl sites for hydroxylation is 1. The van der Waals surface area contributed by atoms with Crippen molar-refractivity contribution in [2.24, 2.45) is 0 Å². The zero-order chi connectivity index (χ0) is 21.3. The zero-order valence-electron chi connectivity index (χ0n) is 13.6. The van der Waals surface area contributed by atoms with Crippen molar-refractivity contribution in [2.75, 3.05) is 0 Å². The lowest BCUT2D eigenvalue weighted by molar-refractivity contribution is -0.140. The van der Waals surface area contributed by atoms with Crippen LogP contribution in [0.25, 0.3) is 0 Å². The van der Waals surface area contributed by atoms with Crippen LogP contribution in [0.5, 0.6) is 11.5 Å². The number of hydrogen-bond donors (Lipinski definition) is 1. The molecule has 0 atom stereocenters. The predicted octanol–water partition coefficient (Wildman–Crippen LogP) is 6.84. The van der Waals surface area contributed by atoms with E-state index in [4.69, 9.17) is 33.0 Å². The molecule has 0 aliphatic rings. The van der Waals surface area contributed by atoms with Gasteiger partial charge in [-0.1, -0.05) is 23.2 Å². The fourth-order valence-electron chi connectivity index (χ4n) is 2.30. The highest BCUT2D eigenvalue weighted by atomic mass is 35.5. The van der Waals surface area contributed by atoms with E-state index in [-0.39, 0.29) is 17.1 Å². The zero-order valence-corrected chi connectivity index (χ0v) is 15.1. The first-order chi connectivity index (χ1) is 12.8. The summed E-state index contributed by atoms with van der Waals surface area (Å²) in [6, 6.07) is 3.68. The van der Waals surface area contributed by atoms with Crippen molar-refractivity contribution >= 4 is 29.2 Å². The van der Waals surface area contributed by atoms with Gasteiger partial charge in [-0.25, -0.2) is 0 Å². The Morgan fingerprint density at radius 3 is 2.00 bits per heavy atom. The molecule has 0 saturated heterocycles. The average Bonchev–Trinajstić information content (AvgIpc) is 2.54. The van der Waals surface area contributed by atoms with E-state index in [2.05, 4.69) is 0 Å². The number of hydrogen-bond acceptors (Lipinski definition) is 2. The molecule has 2 aromatic rings. The molecule has 0 spiro atoms. The van der Waals surface area contributed by atoms with E-state index in [0.29, 0.717) is 18.2 Å². The molecule has 11 heteroatoms. The van der Waals surface area contributed by atoms with Gasteiger partial charge in [0.15, 0.2) is 5.75 Å². The van der Waals surface area contributed by atoms with E-state index in [9.17, 15) is 31.1 Å². The van der Waals surface area contributed by atoms with Gasteiger partial charge in [-0.15, -0.1) is 0 Å². The number of alkyl halides is 6. The first-order valence-corrected chi connectivity index (χ1v) is 8.20. The lowest BCUT2D eigenvalue weighted by Gasteiger charge is -2.16. The van der Waals surface area contributed by atoms with Crippen molar-refractivity contribution in [1.29, 1.82) is 0 Å². The Morgan fingerprint density at radius 1 is 0.964 bits per heavy atom. The quantitative estimate of drug-likeness (QED) is 0.511. The van der Waals surface area contributed by atoms with E-state index in [1.54, 1.807) is 0 Å². The van der Waals surface area contributed by atoms with Crippen LogP contribution in [-0.2, 0) is 23.6 Å². The predicted molar refractivity (Wildman–Crippen MR) is 88.9 cm³/mol. The maximum atomic E-state index is 13.1. The SMILES string of the molecule is O=C(O)CCc1cc(Oc2c(Cl)cc(C(F)(F)F)cc2Cl)ccc1C(F)(F)F. The van der Waals surface area contributed by atoms with Gasteiger partial charge in [0.2, 0.25) is 0 Å². The lowest BCUT2D eigenvalue weighted by atomic mass is 10.0. The number of carboxylic acid groups (broad SMARTS) is 1. The molecule has 0 bridgehead atoms. The molecule has 152 valence electrons. The highest BCUT2D eigenvalue weighted by molar-refractivity contribution is 6.37. The summed E-state index contributed by atoms with van der Waals surface area (Å²) in [6.45, 7) is 0. The van der Waals surface area contributed by atoms with Gasteiger partial charge >= 0.3 is 18.3 Å². The molecule has 1 N–H and O–H groups in total. The highest BCUT2D eigenvalue weighted by Crippen LogP contribution is 2.42. The Bertz CT molecular complexity index is 870. The number of ether oxygens (including phenoxy) is 1. The summed E-state index contributed by atoms with van der Waals surface area (Å²) in [6.07, 6.45) is -10.4. The molecule has 2 rings (SSSR count). The van der Waals surface area contributed by atoms with Crippen molar-refractivity contribution in [3.05, 3.63) is 57.1 Å². The number of carboxylic acids is 1. The van der Waals surface area contributed by atoms with Crippen LogP contribution in [0, 0.1) is 0 Å². The Hall–Kier alpha value is -2.13. The molecule has 2 aromatic carbocycles. The molecule has 28 heavy (non-hydrogen) atoms. The van der Waals surface area contributed by atoms with E-state index < -0.39 is 52.3 Å². The van der Waals surface area contributed by atoms with Crippen molar-refractivity contribution in [3.63, 3.8) is 0 Å². The van der Waals surface area contributed by atoms with Gasteiger partial charge in [0.05, 0.1) is 21.2 Å². The van der Waals surface area contributed by atoms with E-state index in [1.807, 2.05) is 0 Å². The fraction of sp³-hybridized carbons (Fsp3) is 0.235. The van der Waals surface area contributed by atoms with Crippen molar-refractivity contribution in [3.8, 4) is 11.5 Å². The van der Waals surface area contributed by atoms with Crippen molar-refractivity contribution in [2.45, 2.75) is 25.2 Å². The minimum Gasteiger partial charge on any atom is -0.481 e. The summed E-state index contributed by atoms with van der Waals surface area (Å²) in [5.41, 5.74) is -2.53. The van der Waals surface area contributed by atoms with Gasteiger partial charge < -0.3 is 9.84 Å². The molecule has 0 unspecified atom stereocenters. The first-order valence-electron chi connectivity index (χ1n) is 7.45. The number of rotatable bonds is 5. The molecule has 0 aliphatic carbocycles. The third-order valence-corrected chi connectivity index (χ3v) is 4.10. The van der Waals surface area contributed by atoms with Crippen LogP contribution >= 0.6 is 23.2 Å². The minimum absolute atomic E-state index is 0.197. The van der Waals surface area contributed by atoms with Gasteiger partial charge in [0.1, 0.15) is 5.75 Å². The molecule has 0 saturated carbocycles. The molecule has 0 fully saturated rings. The minimum atomic E-state index is -4.73. The Kier molecular flexibility index (Phi) is 6.40. The number of benzene rings is 2. The van der Waals surface area contributed by atoms with Crippen LogP contribution in [0.4, 0.5) is 26.3 Å². The van der Waals surface area contributed by atoms with Crippen LogP contribution in [-0.4, -0.2) is 11.1 Å². The van der Waals surface area contributed by atoms with Crippen LogP contribution < -0.4 is 4.74 Å². The molecule has 0 amide bonds. The van der Waals surface area contributed by atoms with Gasteiger partial charge in [0, 0.05) is 6.42 Å². The van der Waals surface area contributed by atoms with Gasteiger partial charge in [0.25, 0.3) is 0 Å². The molecule has 0 aromatic heterocycles. The topological polar surface area (TPSA) is 46.5 Å². The number of halogens is 8. The lowest BCUT2D eigenvalue weighted by Crippen LogP contribution is -2.10. The van der Waals surface area contributed by atoms with Crippen molar-refractivity contribution in [1.82, 2.24) is 0 Å². The normalized spacial score (nSPS) is 12.1. The maximum Gasteiger partial charge on any atom is 0.416 e. The number of aliphatic carboxylic acids is 1. The van der Waals surface area contributed by atoms with Gasteiger partial charge in [-0.2, -0.15) is 26.3 Å². The molecule has 0 aliphatic heterocycles. The van der Waals surface area contributed by atoms with E-state index in [1.165, 1.54) is 0 Å². The standard InChI is InChI=1S/C17H10Cl2F6O3/c18-12-6-9(16(20,21)22)7-13(19)15(12)28-10-2-3-11(17(23,24)25)8(5-10)1-4-14(26)27/h2-3,5-7H,1,4H2,(H,26,27). The summed E-state index contributed by atoms with van der Waals surface area (Å²) < 4.78 is 82.8. The van der Waals surface area contributed by atoms with Crippen LogP contribution in [0.2, 0.25) is 10.0 Å². The largest absolute Gasteiger partial charge is 0.481 e. The summed E-state index contributed by atoms with van der Waals surface area (Å²) in [7, 11) is 0. The van der Waals surface area contributed by atoms with Crippen molar-refractivity contribution < 1.29 is 41.0 Å². The molecular formula is C17H10Cl2F6O3. The fourth-order valence-corrected chi connectivity index (χ4v) is 2.86. The maximum absolute atomic E-state index is 13.1. The molecule has 0 radical (unpaired) electrons. The highest BCUT2D eigenvalue weighted by Gasteiger charge is 2.34. The summed E-state index contributed by atoms with van der Waals surface area (Å²) >= 11 is 11.5. The molecule has 0 heterocycles. The van der Waals surface area contributed by atoms with E-state index in [0.717, 1.165) is 12.1 Å².